The van der Waals surface area contributed by atoms with Crippen molar-refractivity contribution >= 4 is 17.9 Å². The number of esters is 3. The summed E-state index contributed by atoms with van der Waals surface area (Å²) in [7, 11) is 0. The molecule has 0 fully saturated rings. The van der Waals surface area contributed by atoms with Crippen LogP contribution in [0.3, 0.4) is 0 Å². The summed E-state index contributed by atoms with van der Waals surface area (Å²) in [6.45, 7) is 6.32. The minimum absolute atomic E-state index is 0.110. The van der Waals surface area contributed by atoms with Crippen LogP contribution >= 0.6 is 0 Å². The third-order valence-electron chi connectivity index (χ3n) is 10.9. The predicted molar refractivity (Wildman–Crippen MR) is 288 cm³/mol. The summed E-state index contributed by atoms with van der Waals surface area (Å²) < 4.78 is 16.8. The van der Waals surface area contributed by atoms with E-state index in [1.54, 1.807) is 0 Å². The minimum Gasteiger partial charge on any atom is -0.462 e. The first-order valence-corrected chi connectivity index (χ1v) is 27.0. The van der Waals surface area contributed by atoms with Crippen molar-refractivity contribution in [3.8, 4) is 0 Å². The van der Waals surface area contributed by atoms with E-state index in [9.17, 15) is 14.4 Å². The Kier molecular flexibility index (Phi) is 51.0. The highest BCUT2D eigenvalue weighted by Crippen LogP contribution is 2.13. The van der Waals surface area contributed by atoms with Crippen LogP contribution in [-0.2, 0) is 28.6 Å². The van der Waals surface area contributed by atoms with E-state index in [4.69, 9.17) is 14.2 Å². The minimum atomic E-state index is -0.818. The van der Waals surface area contributed by atoms with Gasteiger partial charge in [0.2, 0.25) is 0 Å². The maximum Gasteiger partial charge on any atom is 0.306 e. The summed E-state index contributed by atoms with van der Waals surface area (Å²) in [5, 5.41) is 0. The number of rotatable bonds is 47. The van der Waals surface area contributed by atoms with Crippen LogP contribution in [0.5, 0.6) is 0 Å². The molecule has 0 spiro atoms. The summed E-state index contributed by atoms with van der Waals surface area (Å²) in [6.07, 6.45) is 74.7. The highest BCUT2D eigenvalue weighted by atomic mass is 16.6. The molecular weight excluding hydrogens is 829 g/mol. The summed E-state index contributed by atoms with van der Waals surface area (Å²) in [5.41, 5.74) is 0. The van der Waals surface area contributed by atoms with Gasteiger partial charge in [-0.2, -0.15) is 0 Å². The smallest absolute Gasteiger partial charge is 0.306 e. The molecule has 0 amide bonds. The average Bonchev–Trinajstić information content (AvgIpc) is 3.33. The summed E-state index contributed by atoms with van der Waals surface area (Å²) in [6, 6.07) is 0. The molecule has 0 unspecified atom stereocenters. The van der Waals surface area contributed by atoms with E-state index < -0.39 is 6.10 Å². The highest BCUT2D eigenvalue weighted by Gasteiger charge is 2.19. The second kappa shape index (κ2) is 54.4. The molecule has 0 aliphatic heterocycles. The Hall–Kier alpha value is -4.19. The zero-order chi connectivity index (χ0) is 48.6. The van der Waals surface area contributed by atoms with Gasteiger partial charge in [0.05, 0.1) is 0 Å². The standard InChI is InChI=1S/C61H98O6/c1-4-7-10-13-16-19-22-25-28-29-30-31-34-37-40-43-46-49-52-55-61(64)67-58(56-65-59(62)53-50-47-44-41-38-35-32-26-23-20-17-14-11-8-5-2)57-66-60(63)54-51-48-45-42-39-36-33-27-24-21-18-15-12-9-6-3/h7-8,10-11,16-17,19-21,24-26,28,30-32,37-38,40-41,58H,4-6,9,12-15,18,22-23,27,29,33-36,39,42-57H2,1-3H3/b10-7-,11-8-,19-16-,20-17-,24-21-,28-25-,31-30-,32-26-,40-37-,41-38-/t58-/m1/s1. The van der Waals surface area contributed by atoms with Gasteiger partial charge in [-0.3, -0.25) is 14.4 Å². The Labute approximate surface area is 412 Å². The van der Waals surface area contributed by atoms with E-state index >= 15 is 0 Å². The van der Waals surface area contributed by atoms with Crippen LogP contribution in [0.2, 0.25) is 0 Å². The van der Waals surface area contributed by atoms with E-state index in [2.05, 4.69) is 142 Å². The third-order valence-corrected chi connectivity index (χ3v) is 10.9. The number of carbonyl (C=O) groups is 3. The van der Waals surface area contributed by atoms with Crippen molar-refractivity contribution in [1.29, 1.82) is 0 Å². The van der Waals surface area contributed by atoms with Crippen molar-refractivity contribution in [1.82, 2.24) is 0 Å². The van der Waals surface area contributed by atoms with Crippen molar-refractivity contribution in [2.45, 2.75) is 232 Å². The fourth-order valence-electron chi connectivity index (χ4n) is 6.92. The summed E-state index contributed by atoms with van der Waals surface area (Å²) in [4.78, 5) is 38.1. The van der Waals surface area contributed by atoms with Crippen LogP contribution in [-0.4, -0.2) is 37.2 Å². The van der Waals surface area contributed by atoms with Gasteiger partial charge in [0.25, 0.3) is 0 Å². The van der Waals surface area contributed by atoms with Gasteiger partial charge in [-0.25, -0.2) is 0 Å². The molecule has 0 aliphatic carbocycles. The first-order valence-electron chi connectivity index (χ1n) is 27.0. The van der Waals surface area contributed by atoms with Crippen LogP contribution in [0.4, 0.5) is 0 Å². The van der Waals surface area contributed by atoms with Crippen LogP contribution in [0.25, 0.3) is 0 Å². The summed E-state index contributed by atoms with van der Waals surface area (Å²) in [5.74, 6) is -0.995. The van der Waals surface area contributed by atoms with Gasteiger partial charge in [0.1, 0.15) is 13.2 Å². The van der Waals surface area contributed by atoms with Crippen molar-refractivity contribution in [2.75, 3.05) is 13.2 Å². The molecule has 0 N–H and O–H groups in total. The largest absolute Gasteiger partial charge is 0.462 e. The SMILES string of the molecule is CC/C=C\C/C=C\C/C=C\C/C=C\C/C=C\CCCCCC(=O)O[C@H](COC(=O)CCCC/C=C\C/C=C\C/C=C\C/C=C\CC)COC(=O)CCCCCCCCC/C=C\CCCCCC. The first kappa shape index (κ1) is 62.8. The maximum absolute atomic E-state index is 12.8. The van der Waals surface area contributed by atoms with E-state index in [0.29, 0.717) is 25.7 Å². The molecule has 0 aliphatic rings. The molecule has 6 nitrogen and oxygen atoms in total. The monoisotopic (exact) mass is 927 g/mol. The fourth-order valence-corrected chi connectivity index (χ4v) is 6.92. The molecule has 0 bridgehead atoms. The zero-order valence-corrected chi connectivity index (χ0v) is 43.1. The van der Waals surface area contributed by atoms with E-state index in [-0.39, 0.29) is 37.5 Å². The Balaban J connectivity index is 4.54. The first-order chi connectivity index (χ1) is 33.0. The second-order valence-corrected chi connectivity index (χ2v) is 17.4. The highest BCUT2D eigenvalue weighted by molar-refractivity contribution is 5.71. The van der Waals surface area contributed by atoms with Gasteiger partial charge >= 0.3 is 17.9 Å². The predicted octanol–water partition coefficient (Wildman–Crippen LogP) is 18.1. The molecule has 0 heterocycles. The summed E-state index contributed by atoms with van der Waals surface area (Å²) >= 11 is 0. The fraction of sp³-hybridized carbons (Fsp3) is 0.623. The Morgan fingerprint density at radius 1 is 0.313 bits per heavy atom. The number of allylic oxidation sites excluding steroid dienone is 20. The van der Waals surface area contributed by atoms with Gasteiger partial charge in [-0.05, 0) is 128 Å². The van der Waals surface area contributed by atoms with E-state index in [1.165, 1.54) is 64.2 Å². The van der Waals surface area contributed by atoms with Gasteiger partial charge < -0.3 is 14.2 Å². The number of carbonyl (C=O) groups excluding carboxylic acids is 3. The zero-order valence-electron chi connectivity index (χ0n) is 43.1. The third kappa shape index (κ3) is 52.6. The molecule has 0 aromatic rings. The molecule has 0 aromatic heterocycles. The van der Waals surface area contributed by atoms with Crippen molar-refractivity contribution in [3.63, 3.8) is 0 Å². The van der Waals surface area contributed by atoms with Crippen LogP contribution < -0.4 is 0 Å². The molecule has 0 aromatic carbocycles. The second-order valence-electron chi connectivity index (χ2n) is 17.4. The lowest BCUT2D eigenvalue weighted by Gasteiger charge is -2.18. The molecule has 67 heavy (non-hydrogen) atoms. The normalized spacial score (nSPS) is 13.1. The molecule has 1 atom stereocenters. The van der Waals surface area contributed by atoms with Gasteiger partial charge in [-0.15, -0.1) is 0 Å². The maximum atomic E-state index is 12.8. The quantitative estimate of drug-likeness (QED) is 0.0262. The lowest BCUT2D eigenvalue weighted by Crippen LogP contribution is -2.30. The van der Waals surface area contributed by atoms with Gasteiger partial charge in [0.15, 0.2) is 6.10 Å². The molecule has 378 valence electrons. The number of hydrogen-bond donors (Lipinski definition) is 0. The van der Waals surface area contributed by atoms with Crippen molar-refractivity contribution in [2.24, 2.45) is 0 Å². The number of ether oxygens (including phenoxy) is 3. The molecule has 0 saturated carbocycles. The topological polar surface area (TPSA) is 78.9 Å². The van der Waals surface area contributed by atoms with Crippen LogP contribution in [0.15, 0.2) is 122 Å². The number of unbranched alkanes of at least 4 members (excludes halogenated alkanes) is 16. The van der Waals surface area contributed by atoms with Crippen molar-refractivity contribution in [3.05, 3.63) is 122 Å². The molecule has 0 rings (SSSR count). The van der Waals surface area contributed by atoms with Crippen LogP contribution in [0.1, 0.15) is 226 Å². The average molecular weight is 927 g/mol. The van der Waals surface area contributed by atoms with Crippen molar-refractivity contribution < 1.29 is 28.6 Å². The molecule has 0 radical (unpaired) electrons. The molecule has 0 saturated heterocycles. The van der Waals surface area contributed by atoms with Crippen LogP contribution in [0, 0.1) is 0 Å². The van der Waals surface area contributed by atoms with E-state index in [0.717, 1.165) is 109 Å². The lowest BCUT2D eigenvalue weighted by molar-refractivity contribution is -0.167. The van der Waals surface area contributed by atoms with Gasteiger partial charge in [0, 0.05) is 19.3 Å². The van der Waals surface area contributed by atoms with E-state index in [1.807, 2.05) is 0 Å². The van der Waals surface area contributed by atoms with Gasteiger partial charge in [-0.1, -0.05) is 200 Å². The Bertz CT molecular complexity index is 1440. The molecular formula is C61H98O6. The number of hydrogen-bond acceptors (Lipinski definition) is 6. The Morgan fingerprint density at radius 2 is 0.582 bits per heavy atom. The molecule has 6 heteroatoms. The Morgan fingerprint density at radius 3 is 0.970 bits per heavy atom. The lowest BCUT2D eigenvalue weighted by atomic mass is 10.1.